The van der Waals surface area contributed by atoms with Crippen molar-refractivity contribution in [1.29, 1.82) is 0 Å². The number of aryl methyl sites for hydroxylation is 2. The molecule has 1 aliphatic rings. The van der Waals surface area contributed by atoms with E-state index in [0.717, 1.165) is 18.6 Å². The molecular weight excluding hydrogens is 256 g/mol. The Morgan fingerprint density at radius 3 is 2.47 bits per heavy atom. The minimum atomic E-state index is 0.139. The summed E-state index contributed by atoms with van der Waals surface area (Å²) in [5, 5.41) is 0.139. The Morgan fingerprint density at radius 2 is 1.89 bits per heavy atom. The van der Waals surface area contributed by atoms with E-state index in [1.54, 1.807) is 7.11 Å². The zero-order chi connectivity index (χ0) is 14.2. The number of hydrogen-bond acceptors (Lipinski definition) is 1. The third-order valence-electron chi connectivity index (χ3n) is 3.89. The van der Waals surface area contributed by atoms with Crippen molar-refractivity contribution in [3.8, 4) is 5.75 Å². The van der Waals surface area contributed by atoms with Crippen molar-refractivity contribution in [1.82, 2.24) is 0 Å². The summed E-state index contributed by atoms with van der Waals surface area (Å²) in [5.74, 6) is 0.958. The van der Waals surface area contributed by atoms with Crippen LogP contribution >= 0.6 is 11.6 Å². The molecule has 0 bridgehead atoms. The van der Waals surface area contributed by atoms with Crippen LogP contribution < -0.4 is 4.74 Å². The molecule has 0 spiro atoms. The number of methoxy groups -OCH3 is 1. The van der Waals surface area contributed by atoms with Crippen LogP contribution in [0.2, 0.25) is 0 Å². The zero-order valence-electron chi connectivity index (χ0n) is 12.5. The van der Waals surface area contributed by atoms with Crippen molar-refractivity contribution in [3.63, 3.8) is 0 Å². The summed E-state index contributed by atoms with van der Waals surface area (Å²) in [6.07, 6.45) is 4.36. The first kappa shape index (κ1) is 14.5. The van der Waals surface area contributed by atoms with E-state index in [0.29, 0.717) is 0 Å². The van der Waals surface area contributed by atoms with Crippen LogP contribution in [0.1, 0.15) is 43.4 Å². The molecule has 1 aromatic carbocycles. The van der Waals surface area contributed by atoms with E-state index in [4.69, 9.17) is 16.3 Å². The molecule has 1 nitrogen and oxygen atoms in total. The van der Waals surface area contributed by atoms with Crippen molar-refractivity contribution < 1.29 is 4.74 Å². The van der Waals surface area contributed by atoms with Crippen LogP contribution in [0.4, 0.5) is 0 Å². The molecule has 1 aliphatic carbocycles. The normalized spacial score (nSPS) is 22.0. The lowest BCUT2D eigenvalue weighted by Crippen LogP contribution is -2.22. The van der Waals surface area contributed by atoms with Crippen LogP contribution in [-0.2, 0) is 0 Å². The Balaban J connectivity index is 2.45. The van der Waals surface area contributed by atoms with Crippen molar-refractivity contribution in [2.24, 2.45) is 5.41 Å². The molecule has 0 fully saturated rings. The second-order valence-electron chi connectivity index (χ2n) is 6.39. The van der Waals surface area contributed by atoms with Crippen LogP contribution in [0.3, 0.4) is 0 Å². The summed E-state index contributed by atoms with van der Waals surface area (Å²) < 4.78 is 5.38. The summed E-state index contributed by atoms with van der Waals surface area (Å²) in [6.45, 7) is 8.82. The molecular formula is C17H23ClO. The van der Waals surface area contributed by atoms with Gasteiger partial charge in [0.1, 0.15) is 5.75 Å². The van der Waals surface area contributed by atoms with Crippen LogP contribution in [-0.4, -0.2) is 12.5 Å². The first-order chi connectivity index (χ1) is 8.82. The molecule has 2 rings (SSSR count). The molecule has 0 N–H and O–H groups in total. The summed E-state index contributed by atoms with van der Waals surface area (Å²) in [4.78, 5) is 0. The summed E-state index contributed by atoms with van der Waals surface area (Å²) in [6, 6.07) is 4.35. The Hall–Kier alpha value is -0.950. The average molecular weight is 279 g/mol. The van der Waals surface area contributed by atoms with Gasteiger partial charge in [-0.15, -0.1) is 11.6 Å². The van der Waals surface area contributed by atoms with Crippen molar-refractivity contribution in [3.05, 3.63) is 34.9 Å². The highest BCUT2D eigenvalue weighted by molar-refractivity contribution is 6.22. The van der Waals surface area contributed by atoms with Gasteiger partial charge in [0, 0.05) is 0 Å². The standard InChI is InChI=1S/C17H23ClO/c1-11-7-16(19-5)12(2)6-15(11)13-8-14(18)10-17(3,4)9-13/h6-8,14H,9-10H2,1-5H3. The van der Waals surface area contributed by atoms with Crippen molar-refractivity contribution in [2.45, 2.75) is 45.9 Å². The van der Waals surface area contributed by atoms with Crippen LogP contribution in [0, 0.1) is 19.3 Å². The molecule has 0 amide bonds. The van der Waals surface area contributed by atoms with Crippen molar-refractivity contribution in [2.75, 3.05) is 7.11 Å². The second kappa shape index (κ2) is 5.20. The molecule has 1 aromatic rings. The third-order valence-corrected chi connectivity index (χ3v) is 4.17. The maximum Gasteiger partial charge on any atom is 0.122 e. The Bertz CT molecular complexity index is 514. The molecule has 104 valence electrons. The van der Waals surface area contributed by atoms with Gasteiger partial charge >= 0.3 is 0 Å². The Morgan fingerprint density at radius 1 is 1.21 bits per heavy atom. The van der Waals surface area contributed by atoms with Gasteiger partial charge in [0.25, 0.3) is 0 Å². The van der Waals surface area contributed by atoms with E-state index in [9.17, 15) is 0 Å². The van der Waals surface area contributed by atoms with Gasteiger partial charge in [-0.1, -0.05) is 19.9 Å². The van der Waals surface area contributed by atoms with Gasteiger partial charge in [-0.05, 0) is 66.5 Å². The van der Waals surface area contributed by atoms with Crippen LogP contribution in [0.5, 0.6) is 5.75 Å². The largest absolute Gasteiger partial charge is 0.496 e. The molecule has 0 aliphatic heterocycles. The number of alkyl halides is 1. The first-order valence-electron chi connectivity index (χ1n) is 6.83. The maximum absolute atomic E-state index is 6.40. The topological polar surface area (TPSA) is 9.23 Å². The molecule has 1 unspecified atom stereocenters. The minimum absolute atomic E-state index is 0.139. The molecule has 0 saturated heterocycles. The van der Waals surface area contributed by atoms with Gasteiger partial charge in [-0.25, -0.2) is 0 Å². The SMILES string of the molecule is COc1cc(C)c(C2=CC(Cl)CC(C)(C)C2)cc1C. The number of ether oxygens (including phenoxy) is 1. The van der Waals surface area contributed by atoms with Gasteiger partial charge in [-0.3, -0.25) is 0 Å². The fraction of sp³-hybridized carbons (Fsp3) is 0.529. The molecule has 19 heavy (non-hydrogen) atoms. The lowest BCUT2D eigenvalue weighted by molar-refractivity contribution is 0.340. The number of allylic oxidation sites excluding steroid dienone is 2. The van der Waals surface area contributed by atoms with E-state index in [2.05, 4.69) is 45.9 Å². The number of halogens is 1. The van der Waals surface area contributed by atoms with E-state index in [-0.39, 0.29) is 10.8 Å². The maximum atomic E-state index is 6.40. The quantitative estimate of drug-likeness (QED) is 0.682. The van der Waals surface area contributed by atoms with Crippen molar-refractivity contribution >= 4 is 17.2 Å². The Kier molecular flexibility index (Phi) is 3.96. The van der Waals surface area contributed by atoms with E-state index in [1.165, 1.54) is 22.3 Å². The van der Waals surface area contributed by atoms with Crippen LogP contribution in [0.15, 0.2) is 18.2 Å². The molecule has 0 heterocycles. The molecule has 1 atom stereocenters. The summed E-state index contributed by atoms with van der Waals surface area (Å²) in [5.41, 5.74) is 5.40. The molecule has 0 saturated carbocycles. The monoisotopic (exact) mass is 278 g/mol. The lowest BCUT2D eigenvalue weighted by Gasteiger charge is -2.33. The fourth-order valence-corrected chi connectivity index (χ4v) is 3.56. The third kappa shape index (κ3) is 3.14. The second-order valence-corrected chi connectivity index (χ2v) is 6.95. The molecule has 0 aromatic heterocycles. The molecule has 2 heteroatoms. The number of hydrogen-bond donors (Lipinski definition) is 0. The van der Waals surface area contributed by atoms with Gasteiger partial charge in [0.15, 0.2) is 0 Å². The summed E-state index contributed by atoms with van der Waals surface area (Å²) in [7, 11) is 1.72. The van der Waals surface area contributed by atoms with Gasteiger partial charge in [-0.2, -0.15) is 0 Å². The zero-order valence-corrected chi connectivity index (χ0v) is 13.3. The van der Waals surface area contributed by atoms with E-state index in [1.807, 2.05) is 0 Å². The average Bonchev–Trinajstić information content (AvgIpc) is 2.28. The van der Waals surface area contributed by atoms with Crippen LogP contribution in [0.25, 0.3) is 5.57 Å². The minimum Gasteiger partial charge on any atom is -0.496 e. The predicted octanol–water partition coefficient (Wildman–Crippen LogP) is 5.12. The summed E-state index contributed by atoms with van der Waals surface area (Å²) >= 11 is 6.40. The van der Waals surface area contributed by atoms with E-state index >= 15 is 0 Å². The number of benzene rings is 1. The van der Waals surface area contributed by atoms with Gasteiger partial charge in [0.2, 0.25) is 0 Å². The van der Waals surface area contributed by atoms with Gasteiger partial charge in [0.05, 0.1) is 12.5 Å². The highest BCUT2D eigenvalue weighted by atomic mass is 35.5. The molecule has 0 radical (unpaired) electrons. The number of rotatable bonds is 2. The fourth-order valence-electron chi connectivity index (χ4n) is 2.99. The lowest BCUT2D eigenvalue weighted by atomic mass is 9.75. The smallest absolute Gasteiger partial charge is 0.122 e. The Labute approximate surface area is 121 Å². The highest BCUT2D eigenvalue weighted by Gasteiger charge is 2.28. The first-order valence-corrected chi connectivity index (χ1v) is 7.26. The predicted molar refractivity (Wildman–Crippen MR) is 83.1 cm³/mol. The van der Waals surface area contributed by atoms with E-state index < -0.39 is 0 Å². The van der Waals surface area contributed by atoms with Gasteiger partial charge < -0.3 is 4.74 Å². The highest BCUT2D eigenvalue weighted by Crippen LogP contribution is 2.42.